The fraction of sp³-hybridized carbons (Fsp3) is 0.525. The van der Waals surface area contributed by atoms with Gasteiger partial charge < -0.3 is 45.4 Å². The van der Waals surface area contributed by atoms with Crippen molar-refractivity contribution in [1.82, 2.24) is 40.3 Å². The first kappa shape index (κ1) is 40.0. The maximum atomic E-state index is 11.9. The van der Waals surface area contributed by atoms with E-state index in [4.69, 9.17) is 26.4 Å². The molecule has 17 nitrogen and oxygen atoms in total. The van der Waals surface area contributed by atoms with Crippen molar-refractivity contribution in [3.05, 3.63) is 58.7 Å². The van der Waals surface area contributed by atoms with Crippen LogP contribution in [0.15, 0.2) is 42.4 Å². The molecule has 18 heteroatoms. The van der Waals surface area contributed by atoms with Gasteiger partial charge in [0.15, 0.2) is 18.7 Å². The number of hydrogen-bond donors (Lipinski definition) is 6. The van der Waals surface area contributed by atoms with Gasteiger partial charge in [0, 0.05) is 88.5 Å². The van der Waals surface area contributed by atoms with Gasteiger partial charge in [-0.25, -0.2) is 9.97 Å². The zero-order valence-electron chi connectivity index (χ0n) is 33.3. The summed E-state index contributed by atoms with van der Waals surface area (Å²) in [5, 5.41) is 46.5. The number of anilines is 5. The molecule has 4 aromatic rings. The van der Waals surface area contributed by atoms with Crippen LogP contribution in [0.5, 0.6) is 0 Å². The molecule has 0 aliphatic carbocycles. The number of nitrogens with one attached hydrogen (secondary N) is 3. The van der Waals surface area contributed by atoms with E-state index in [1.807, 2.05) is 31.6 Å². The lowest BCUT2D eigenvalue weighted by atomic mass is 9.91. The minimum Gasteiger partial charge on any atom is -0.483 e. The van der Waals surface area contributed by atoms with Crippen LogP contribution in [-0.2, 0) is 16.6 Å². The van der Waals surface area contributed by atoms with E-state index in [-0.39, 0.29) is 30.2 Å². The van der Waals surface area contributed by atoms with Gasteiger partial charge in [-0.3, -0.25) is 19.7 Å². The summed E-state index contributed by atoms with van der Waals surface area (Å²) in [4.78, 5) is 34.8. The summed E-state index contributed by atoms with van der Waals surface area (Å²) in [6, 6.07) is 8.31. The van der Waals surface area contributed by atoms with Crippen LogP contribution in [0.4, 0.5) is 29.0 Å². The molecule has 4 aliphatic rings. The predicted octanol–water partition coefficient (Wildman–Crippen LogP) is 2.56. The Morgan fingerprint density at radius 3 is 2.60 bits per heavy atom. The predicted molar refractivity (Wildman–Crippen MR) is 223 cm³/mol. The number of hydrogen-bond acceptors (Lipinski definition) is 15. The highest BCUT2D eigenvalue weighted by atomic mass is 35.5. The highest BCUT2D eigenvalue weighted by Crippen LogP contribution is 2.37. The van der Waals surface area contributed by atoms with E-state index in [9.17, 15) is 20.1 Å². The Morgan fingerprint density at radius 1 is 1.03 bits per heavy atom. The molecule has 4 aliphatic heterocycles. The highest BCUT2D eigenvalue weighted by molar-refractivity contribution is 6.32. The Morgan fingerprint density at radius 2 is 1.84 bits per heavy atom. The molecular weight excluding hydrogens is 764 g/mol. The van der Waals surface area contributed by atoms with E-state index >= 15 is 0 Å². The van der Waals surface area contributed by atoms with Crippen molar-refractivity contribution in [3.8, 4) is 0 Å². The van der Waals surface area contributed by atoms with Gasteiger partial charge in [-0.05, 0) is 69.4 Å². The lowest BCUT2D eigenvalue weighted by molar-refractivity contribution is -0.124. The Hall–Kier alpha value is -4.78. The quantitative estimate of drug-likeness (QED) is 0.129. The molecule has 5 unspecified atom stereocenters. The number of aromatic nitrogens is 5. The van der Waals surface area contributed by atoms with E-state index in [0.717, 1.165) is 68.8 Å². The first-order valence-corrected chi connectivity index (χ1v) is 20.5. The lowest BCUT2D eigenvalue weighted by Crippen LogP contribution is -2.48. The van der Waals surface area contributed by atoms with Crippen molar-refractivity contribution in [1.29, 1.82) is 0 Å². The Labute approximate surface area is 342 Å². The maximum absolute atomic E-state index is 11.9. The Bertz CT molecular complexity index is 2160. The van der Waals surface area contributed by atoms with Gasteiger partial charge in [0.2, 0.25) is 5.95 Å². The van der Waals surface area contributed by atoms with Crippen LogP contribution in [0.3, 0.4) is 0 Å². The Kier molecular flexibility index (Phi) is 11.6. The first-order chi connectivity index (χ1) is 27.9. The number of benzene rings is 1. The number of piperidine rings is 1. The minimum atomic E-state index is -1.08. The van der Waals surface area contributed by atoms with Crippen LogP contribution < -0.4 is 30.7 Å². The molecule has 1 aromatic carbocycles. The number of pyridine rings is 1. The molecule has 5 atom stereocenters. The molecular formula is C40H53ClN12O5. The summed E-state index contributed by atoms with van der Waals surface area (Å²) >= 11 is 6.60. The van der Waals surface area contributed by atoms with Crippen molar-refractivity contribution in [2.45, 2.75) is 63.8 Å². The number of rotatable bonds is 11. The topological polar surface area (TPSA) is 193 Å². The Balaban J connectivity index is 0.872. The van der Waals surface area contributed by atoms with Crippen LogP contribution in [-0.4, -0.2) is 135 Å². The number of aryl methyl sites for hydroxylation is 1. The molecule has 6 N–H and O–H groups in total. The number of likely N-dealkylation sites (N-methyl/N-ethyl adjacent to an activating group) is 1. The molecule has 0 saturated carbocycles. The van der Waals surface area contributed by atoms with E-state index < -0.39 is 18.7 Å². The monoisotopic (exact) mass is 816 g/mol. The maximum Gasteiger partial charge on any atom is 0.257 e. The number of ether oxygens (including phenoxy) is 1. The van der Waals surface area contributed by atoms with Crippen molar-refractivity contribution < 1.29 is 24.9 Å². The smallest absolute Gasteiger partial charge is 0.257 e. The van der Waals surface area contributed by atoms with Crippen molar-refractivity contribution in [2.24, 2.45) is 13.0 Å². The third kappa shape index (κ3) is 8.24. The molecule has 7 heterocycles. The average Bonchev–Trinajstić information content (AvgIpc) is 3.81. The van der Waals surface area contributed by atoms with Crippen molar-refractivity contribution in [2.75, 3.05) is 79.5 Å². The number of carbonyl (C=O) groups is 1. The van der Waals surface area contributed by atoms with Crippen LogP contribution >= 0.6 is 11.6 Å². The zero-order chi connectivity index (χ0) is 40.7. The number of halogens is 1. The fourth-order valence-corrected chi connectivity index (χ4v) is 8.72. The largest absolute Gasteiger partial charge is 0.483 e. The van der Waals surface area contributed by atoms with Crippen LogP contribution in [0, 0.1) is 5.92 Å². The summed E-state index contributed by atoms with van der Waals surface area (Å²) in [6.45, 7) is 10.1. The van der Waals surface area contributed by atoms with E-state index in [1.165, 1.54) is 12.7 Å². The molecule has 0 bridgehead atoms. The number of amides is 1. The first-order valence-electron chi connectivity index (χ1n) is 20.1. The minimum absolute atomic E-state index is 0.0952. The summed E-state index contributed by atoms with van der Waals surface area (Å²) in [5.74, 6) is 2.00. The molecule has 0 radical (unpaired) electrons. The second-order valence-electron chi connectivity index (χ2n) is 15.9. The normalized spacial score (nSPS) is 24.0. The second-order valence-corrected chi connectivity index (χ2v) is 16.3. The summed E-state index contributed by atoms with van der Waals surface area (Å²) in [7, 11) is 3.49. The summed E-state index contributed by atoms with van der Waals surface area (Å²) < 4.78 is 7.60. The molecule has 0 spiro atoms. The molecule has 310 valence electrons. The number of carbonyl (C=O) groups excluding carboxylic acids is 1. The average molecular weight is 817 g/mol. The molecule has 3 saturated heterocycles. The van der Waals surface area contributed by atoms with Gasteiger partial charge >= 0.3 is 0 Å². The van der Waals surface area contributed by atoms with E-state index in [0.29, 0.717) is 52.6 Å². The molecule has 8 rings (SSSR count). The molecule has 58 heavy (non-hydrogen) atoms. The number of aliphatic hydroxyl groups is 3. The number of nitrogens with zero attached hydrogens (tertiary/aromatic N) is 9. The van der Waals surface area contributed by atoms with Gasteiger partial charge in [-0.1, -0.05) is 11.6 Å². The van der Waals surface area contributed by atoms with Gasteiger partial charge in [-0.15, -0.1) is 0 Å². The van der Waals surface area contributed by atoms with Gasteiger partial charge in [0.05, 0.1) is 29.3 Å². The van der Waals surface area contributed by atoms with Gasteiger partial charge in [0.25, 0.3) is 5.91 Å². The zero-order valence-corrected chi connectivity index (χ0v) is 34.1. The molecule has 3 aromatic heterocycles. The fourth-order valence-electron chi connectivity index (χ4n) is 8.58. The highest BCUT2D eigenvalue weighted by Gasteiger charge is 2.34. The van der Waals surface area contributed by atoms with Crippen LogP contribution in [0.1, 0.15) is 50.3 Å². The number of piperazine rings is 1. The molecule has 1 amide bonds. The summed E-state index contributed by atoms with van der Waals surface area (Å²) in [6.07, 6.45) is 4.77. The van der Waals surface area contributed by atoms with E-state index in [1.54, 1.807) is 23.4 Å². The SMILES string of the molecule is CNC(=O)COC1=Cc2cc(Nc3nc(N4CCN(CC5CCN(c6ccc7c(C8CCC(O)NC8O)nn(C)c7c6)C5)CC4)ncc3Cl)cnc2N(C(C)C)C1O. The third-order valence-corrected chi connectivity index (χ3v) is 12.0. The van der Waals surface area contributed by atoms with Crippen molar-refractivity contribution in [3.63, 3.8) is 0 Å². The van der Waals surface area contributed by atoms with Gasteiger partial charge in [-0.2, -0.15) is 10.1 Å². The summed E-state index contributed by atoms with van der Waals surface area (Å²) in [5.41, 5.74) is 4.46. The number of fused-ring (bicyclic) bond motifs is 2. The van der Waals surface area contributed by atoms with Crippen molar-refractivity contribution >= 4 is 63.4 Å². The number of aliphatic hydroxyl groups excluding tert-OH is 3. The lowest BCUT2D eigenvalue weighted by Gasteiger charge is -2.37. The molecule has 3 fully saturated rings. The second kappa shape index (κ2) is 16.8. The standard InChI is InChI=1S/C40H53ClN12O5/c1-23(2)53-37-25(16-32(39(53)57)58-22-34(55)42-3)15-26(18-43-37)45-36-30(41)19-44-40(47-36)51-13-11-50(12-14-51)20-24-9-10-52(21-24)27-5-6-28-31(17-27)49(4)48-35(28)29-7-8-33(54)46-38(29)56/h5-6,15-19,23-24,29,33,38-39,46,54,56-57H,7-14,20-22H2,1-4H3,(H,42,55)(H,44,45,47). The van der Waals surface area contributed by atoms with Gasteiger partial charge in [0.1, 0.15) is 29.1 Å². The third-order valence-electron chi connectivity index (χ3n) is 11.7. The van der Waals surface area contributed by atoms with Crippen LogP contribution in [0.25, 0.3) is 17.0 Å². The van der Waals surface area contributed by atoms with E-state index in [2.05, 4.69) is 58.8 Å². The van der Waals surface area contributed by atoms with Crippen LogP contribution in [0.2, 0.25) is 5.02 Å².